The summed E-state index contributed by atoms with van der Waals surface area (Å²) in [5, 5.41) is 1.78. The molecule has 5 nitrogen and oxygen atoms in total. The summed E-state index contributed by atoms with van der Waals surface area (Å²) in [6.07, 6.45) is 3.17. The summed E-state index contributed by atoms with van der Waals surface area (Å²) in [5.74, 6) is 1.10. The summed E-state index contributed by atoms with van der Waals surface area (Å²) < 4.78 is 5.45. The van der Waals surface area contributed by atoms with Crippen molar-refractivity contribution in [2.75, 3.05) is 5.75 Å². The van der Waals surface area contributed by atoms with Crippen molar-refractivity contribution in [2.24, 2.45) is 0 Å². The van der Waals surface area contributed by atoms with Crippen LogP contribution >= 0.6 is 11.8 Å². The molecule has 0 bridgehead atoms. The Labute approximate surface area is 167 Å². The van der Waals surface area contributed by atoms with E-state index in [1.165, 1.54) is 11.8 Å². The van der Waals surface area contributed by atoms with Gasteiger partial charge in [-0.1, -0.05) is 60.3 Å². The van der Waals surface area contributed by atoms with Gasteiger partial charge in [-0.3, -0.25) is 4.79 Å². The highest BCUT2D eigenvalue weighted by molar-refractivity contribution is 8.00. The first-order valence-corrected chi connectivity index (χ1v) is 9.95. The molecular weight excluding hydrogens is 370 g/mol. The van der Waals surface area contributed by atoms with Gasteiger partial charge in [0.15, 0.2) is 0 Å². The average molecular weight is 389 g/mol. The van der Waals surface area contributed by atoms with Crippen molar-refractivity contribution in [3.63, 3.8) is 0 Å². The summed E-state index contributed by atoms with van der Waals surface area (Å²) in [6, 6.07) is 21.5. The summed E-state index contributed by atoms with van der Waals surface area (Å²) in [5.41, 5.74) is 1.96. The van der Waals surface area contributed by atoms with Gasteiger partial charge in [0.2, 0.25) is 5.91 Å². The zero-order chi connectivity index (χ0) is 19.2. The Balaban J connectivity index is 1.49. The number of aromatic nitrogens is 2. The van der Waals surface area contributed by atoms with Crippen LogP contribution in [0.1, 0.15) is 11.3 Å². The number of fused-ring (bicyclic) bond motifs is 1. The van der Waals surface area contributed by atoms with Crippen LogP contribution < -0.4 is 0 Å². The molecule has 0 saturated carbocycles. The lowest BCUT2D eigenvalue weighted by molar-refractivity contribution is -0.129. The minimum atomic E-state index is 0.0351. The lowest BCUT2D eigenvalue weighted by Crippen LogP contribution is -2.31. The number of thioether (sulfide) groups is 1. The molecule has 2 aromatic carbocycles. The zero-order valence-electron chi connectivity index (χ0n) is 15.2. The molecule has 140 valence electrons. The lowest BCUT2D eigenvalue weighted by Gasteiger charge is -2.22. The summed E-state index contributed by atoms with van der Waals surface area (Å²) in [4.78, 5) is 23.5. The lowest BCUT2D eigenvalue weighted by atomic mass is 10.2. The van der Waals surface area contributed by atoms with Crippen LogP contribution in [0, 0.1) is 0 Å². The van der Waals surface area contributed by atoms with Gasteiger partial charge in [-0.05, 0) is 23.8 Å². The first-order chi connectivity index (χ1) is 13.8. The number of rotatable bonds is 7. The number of amides is 1. The number of carbonyl (C=O) groups is 1. The van der Waals surface area contributed by atoms with Crippen LogP contribution in [0.15, 0.2) is 88.8 Å². The van der Waals surface area contributed by atoms with Gasteiger partial charge in [-0.15, -0.1) is 0 Å². The fourth-order valence-electron chi connectivity index (χ4n) is 2.94. The van der Waals surface area contributed by atoms with E-state index in [4.69, 9.17) is 4.42 Å². The number of benzene rings is 2. The largest absolute Gasteiger partial charge is 0.467 e. The van der Waals surface area contributed by atoms with E-state index in [0.29, 0.717) is 18.8 Å². The van der Waals surface area contributed by atoms with Crippen LogP contribution in [-0.2, 0) is 17.9 Å². The molecule has 0 saturated heterocycles. The molecule has 2 heterocycles. The van der Waals surface area contributed by atoms with Crippen molar-refractivity contribution in [3.05, 3.63) is 90.6 Å². The van der Waals surface area contributed by atoms with E-state index in [2.05, 4.69) is 9.97 Å². The Morgan fingerprint density at radius 1 is 0.929 bits per heavy atom. The monoisotopic (exact) mass is 389 g/mol. The molecule has 28 heavy (non-hydrogen) atoms. The Kier molecular flexibility index (Phi) is 5.68. The zero-order valence-corrected chi connectivity index (χ0v) is 16.0. The third kappa shape index (κ3) is 4.40. The maximum Gasteiger partial charge on any atom is 0.233 e. The Bertz CT molecular complexity index is 1050. The van der Waals surface area contributed by atoms with E-state index in [-0.39, 0.29) is 5.91 Å². The molecule has 2 aromatic heterocycles. The Morgan fingerprint density at radius 3 is 2.57 bits per heavy atom. The molecule has 0 aliphatic rings. The van der Waals surface area contributed by atoms with Crippen LogP contribution in [0.3, 0.4) is 0 Å². The number of hydrogen-bond acceptors (Lipinski definition) is 5. The van der Waals surface area contributed by atoms with Crippen molar-refractivity contribution in [1.29, 1.82) is 0 Å². The van der Waals surface area contributed by atoms with Crippen molar-refractivity contribution in [2.45, 2.75) is 18.1 Å². The van der Waals surface area contributed by atoms with Gasteiger partial charge < -0.3 is 9.32 Å². The molecule has 0 unspecified atom stereocenters. The van der Waals surface area contributed by atoms with Gasteiger partial charge in [-0.25, -0.2) is 9.97 Å². The van der Waals surface area contributed by atoms with E-state index < -0.39 is 0 Å². The molecule has 0 spiro atoms. The third-order valence-corrected chi connectivity index (χ3v) is 5.32. The van der Waals surface area contributed by atoms with Crippen LogP contribution in [-0.4, -0.2) is 26.5 Å². The maximum atomic E-state index is 13.0. The van der Waals surface area contributed by atoms with Crippen molar-refractivity contribution < 1.29 is 9.21 Å². The molecule has 0 radical (unpaired) electrons. The van der Waals surface area contributed by atoms with E-state index in [0.717, 1.165) is 27.3 Å². The number of furan rings is 1. The highest BCUT2D eigenvalue weighted by Gasteiger charge is 2.17. The molecule has 1 amide bonds. The van der Waals surface area contributed by atoms with Crippen LogP contribution in [0.2, 0.25) is 0 Å². The van der Waals surface area contributed by atoms with Gasteiger partial charge >= 0.3 is 0 Å². The number of hydrogen-bond donors (Lipinski definition) is 0. The van der Waals surface area contributed by atoms with Gasteiger partial charge in [0, 0.05) is 11.9 Å². The third-order valence-electron chi connectivity index (χ3n) is 4.33. The first kappa shape index (κ1) is 18.3. The van der Waals surface area contributed by atoms with Gasteiger partial charge in [0.25, 0.3) is 0 Å². The minimum Gasteiger partial charge on any atom is -0.467 e. The molecule has 0 N–H and O–H groups in total. The summed E-state index contributed by atoms with van der Waals surface area (Å²) in [7, 11) is 0. The number of nitrogens with zero attached hydrogens (tertiary/aromatic N) is 3. The van der Waals surface area contributed by atoms with E-state index >= 15 is 0 Å². The smallest absolute Gasteiger partial charge is 0.233 e. The number of para-hydroxylation sites is 1. The normalized spacial score (nSPS) is 10.9. The van der Waals surface area contributed by atoms with Gasteiger partial charge in [0.1, 0.15) is 17.1 Å². The predicted molar refractivity (Wildman–Crippen MR) is 110 cm³/mol. The fourth-order valence-corrected chi connectivity index (χ4v) is 3.84. The average Bonchev–Trinajstić information content (AvgIpc) is 3.25. The van der Waals surface area contributed by atoms with Crippen LogP contribution in [0.5, 0.6) is 0 Å². The molecule has 0 aliphatic carbocycles. The second kappa shape index (κ2) is 8.71. The molecule has 4 aromatic rings. The second-order valence-electron chi connectivity index (χ2n) is 6.30. The van der Waals surface area contributed by atoms with Crippen molar-refractivity contribution in [1.82, 2.24) is 14.9 Å². The quantitative estimate of drug-likeness (QED) is 0.343. The van der Waals surface area contributed by atoms with Gasteiger partial charge in [-0.2, -0.15) is 0 Å². The SMILES string of the molecule is O=C(CSc1ncnc2ccccc12)N(Cc1ccccc1)Cc1ccco1. The topological polar surface area (TPSA) is 59.2 Å². The highest BCUT2D eigenvalue weighted by atomic mass is 32.2. The summed E-state index contributed by atoms with van der Waals surface area (Å²) in [6.45, 7) is 0.970. The first-order valence-electron chi connectivity index (χ1n) is 8.96. The highest BCUT2D eigenvalue weighted by Crippen LogP contribution is 2.25. The van der Waals surface area contributed by atoms with Gasteiger partial charge in [0.05, 0.1) is 24.1 Å². The van der Waals surface area contributed by atoms with Crippen molar-refractivity contribution >= 4 is 28.6 Å². The standard InChI is InChI=1S/C22H19N3O2S/c26-21(15-28-22-19-10-4-5-11-20(19)23-16-24-22)25(14-18-9-6-12-27-18)13-17-7-2-1-3-8-17/h1-12,16H,13-15H2. The van der Waals surface area contributed by atoms with Crippen LogP contribution in [0.4, 0.5) is 0 Å². The number of carbonyl (C=O) groups excluding carboxylic acids is 1. The predicted octanol–water partition coefficient (Wildman–Crippen LogP) is 4.54. The van der Waals surface area contributed by atoms with E-state index in [1.54, 1.807) is 12.6 Å². The molecule has 0 fully saturated rings. The van der Waals surface area contributed by atoms with Crippen molar-refractivity contribution in [3.8, 4) is 0 Å². The fraction of sp³-hybridized carbons (Fsp3) is 0.136. The van der Waals surface area contributed by atoms with E-state index in [9.17, 15) is 4.79 Å². The Hall–Kier alpha value is -3.12. The minimum absolute atomic E-state index is 0.0351. The maximum absolute atomic E-state index is 13.0. The molecule has 4 rings (SSSR count). The molecule has 0 aliphatic heterocycles. The molecule has 0 atom stereocenters. The van der Waals surface area contributed by atoms with E-state index in [1.807, 2.05) is 71.6 Å². The second-order valence-corrected chi connectivity index (χ2v) is 7.26. The summed E-state index contributed by atoms with van der Waals surface area (Å²) >= 11 is 1.44. The Morgan fingerprint density at radius 2 is 1.75 bits per heavy atom. The molecule has 6 heteroatoms. The molecular formula is C22H19N3O2S. The van der Waals surface area contributed by atoms with Crippen LogP contribution in [0.25, 0.3) is 10.9 Å².